The molecule has 1 aliphatic carbocycles. The van der Waals surface area contributed by atoms with Crippen molar-refractivity contribution in [3.05, 3.63) is 108 Å². The SMILES string of the molecule is O=C(O)NC(CCN(C(=O)CCN(CCc1ccccc1)C(=O)OCc1ccccc1)C1CCCCC1)c1ccccc1. The molecular formula is C35H43N3O5. The van der Waals surface area contributed by atoms with E-state index in [4.69, 9.17) is 4.74 Å². The van der Waals surface area contributed by atoms with Crippen LogP contribution in [0.15, 0.2) is 91.0 Å². The lowest BCUT2D eigenvalue weighted by molar-refractivity contribution is -0.134. The highest BCUT2D eigenvalue weighted by Gasteiger charge is 2.28. The molecule has 0 radical (unpaired) electrons. The van der Waals surface area contributed by atoms with Gasteiger partial charge in [-0.15, -0.1) is 0 Å². The average molecular weight is 586 g/mol. The van der Waals surface area contributed by atoms with Gasteiger partial charge >= 0.3 is 12.2 Å². The van der Waals surface area contributed by atoms with Crippen LogP contribution in [-0.4, -0.2) is 58.7 Å². The van der Waals surface area contributed by atoms with Gasteiger partial charge in [-0.05, 0) is 42.4 Å². The number of carboxylic acid groups (broad SMARTS) is 1. The maximum absolute atomic E-state index is 13.8. The Morgan fingerprint density at radius 1 is 0.791 bits per heavy atom. The van der Waals surface area contributed by atoms with Gasteiger partial charge in [-0.2, -0.15) is 0 Å². The standard InChI is InChI=1S/C35H43N3O5/c39-33(38(31-19-11-4-12-20-31)26-22-32(36-34(40)41)30-17-9-3-10-18-30)23-25-37(24-21-28-13-5-1-6-14-28)35(42)43-27-29-15-7-2-8-16-29/h1-3,5-10,13-18,31-32,36H,4,11-12,19-27H2,(H,40,41). The summed E-state index contributed by atoms with van der Waals surface area (Å²) in [6, 6.07) is 28.7. The molecule has 3 aromatic carbocycles. The van der Waals surface area contributed by atoms with Crippen LogP contribution in [0.3, 0.4) is 0 Å². The van der Waals surface area contributed by atoms with Crippen molar-refractivity contribution >= 4 is 18.1 Å². The molecule has 8 heteroatoms. The quantitative estimate of drug-likeness (QED) is 0.216. The second kappa shape index (κ2) is 16.9. The second-order valence-electron chi connectivity index (χ2n) is 11.1. The normalized spacial score (nSPS) is 14.0. The van der Waals surface area contributed by atoms with Crippen molar-refractivity contribution in [3.8, 4) is 0 Å². The third-order valence-corrected chi connectivity index (χ3v) is 8.07. The molecule has 0 spiro atoms. The minimum atomic E-state index is -1.09. The van der Waals surface area contributed by atoms with E-state index in [1.54, 1.807) is 4.90 Å². The van der Waals surface area contributed by atoms with E-state index in [-0.39, 0.29) is 31.5 Å². The Labute approximate surface area is 254 Å². The van der Waals surface area contributed by atoms with Crippen LogP contribution in [0, 0.1) is 0 Å². The molecule has 4 rings (SSSR count). The maximum atomic E-state index is 13.8. The monoisotopic (exact) mass is 585 g/mol. The van der Waals surface area contributed by atoms with Crippen molar-refractivity contribution in [2.24, 2.45) is 0 Å². The van der Waals surface area contributed by atoms with Crippen LogP contribution in [-0.2, 0) is 22.6 Å². The van der Waals surface area contributed by atoms with Crippen LogP contribution < -0.4 is 5.32 Å². The summed E-state index contributed by atoms with van der Waals surface area (Å²) >= 11 is 0. The number of rotatable bonds is 14. The Morgan fingerprint density at radius 2 is 1.40 bits per heavy atom. The summed E-state index contributed by atoms with van der Waals surface area (Å²) in [5.74, 6) is -0.0189. The molecule has 0 aliphatic heterocycles. The number of amides is 3. The third kappa shape index (κ3) is 10.5. The molecule has 1 atom stereocenters. The lowest BCUT2D eigenvalue weighted by atomic mass is 9.93. The van der Waals surface area contributed by atoms with Crippen molar-refractivity contribution in [2.45, 2.75) is 70.1 Å². The number of carbonyl (C=O) groups is 3. The lowest BCUT2D eigenvalue weighted by Crippen LogP contribution is -2.45. The fraction of sp³-hybridized carbons (Fsp3) is 0.400. The second-order valence-corrected chi connectivity index (χ2v) is 11.1. The van der Waals surface area contributed by atoms with Gasteiger partial charge in [0.25, 0.3) is 0 Å². The Morgan fingerprint density at radius 3 is 2.02 bits per heavy atom. The maximum Gasteiger partial charge on any atom is 0.410 e. The average Bonchev–Trinajstić information content (AvgIpc) is 3.05. The van der Waals surface area contributed by atoms with Gasteiger partial charge in [-0.1, -0.05) is 110 Å². The van der Waals surface area contributed by atoms with Gasteiger partial charge in [0, 0.05) is 32.1 Å². The summed E-state index contributed by atoms with van der Waals surface area (Å²) < 4.78 is 5.65. The summed E-state index contributed by atoms with van der Waals surface area (Å²) in [6.45, 7) is 1.29. The predicted octanol–water partition coefficient (Wildman–Crippen LogP) is 6.82. The zero-order valence-electron chi connectivity index (χ0n) is 24.8. The lowest BCUT2D eigenvalue weighted by Gasteiger charge is -2.36. The molecule has 0 saturated heterocycles. The molecule has 1 fully saturated rings. The number of carbonyl (C=O) groups excluding carboxylic acids is 2. The Balaban J connectivity index is 1.43. The molecule has 2 N–H and O–H groups in total. The number of hydrogen-bond donors (Lipinski definition) is 2. The van der Waals surface area contributed by atoms with Crippen molar-refractivity contribution < 1.29 is 24.2 Å². The third-order valence-electron chi connectivity index (χ3n) is 8.07. The van der Waals surface area contributed by atoms with E-state index in [0.717, 1.165) is 48.8 Å². The van der Waals surface area contributed by atoms with Crippen LogP contribution in [0.1, 0.15) is 67.7 Å². The van der Waals surface area contributed by atoms with Crippen molar-refractivity contribution in [2.75, 3.05) is 19.6 Å². The largest absolute Gasteiger partial charge is 0.465 e. The van der Waals surface area contributed by atoms with Gasteiger partial charge < -0.3 is 25.0 Å². The highest BCUT2D eigenvalue weighted by Crippen LogP contribution is 2.25. The molecule has 0 bridgehead atoms. The Hall–Kier alpha value is -4.33. The molecule has 8 nitrogen and oxygen atoms in total. The van der Waals surface area contributed by atoms with Crippen molar-refractivity contribution in [1.82, 2.24) is 15.1 Å². The molecular weight excluding hydrogens is 542 g/mol. The van der Waals surface area contributed by atoms with Crippen LogP contribution in [0.25, 0.3) is 0 Å². The van der Waals surface area contributed by atoms with Gasteiger partial charge in [0.15, 0.2) is 0 Å². The van der Waals surface area contributed by atoms with Crippen LogP contribution >= 0.6 is 0 Å². The summed E-state index contributed by atoms with van der Waals surface area (Å²) in [6.07, 6.45) is 4.93. The van der Waals surface area contributed by atoms with Crippen molar-refractivity contribution in [1.29, 1.82) is 0 Å². The first-order valence-electron chi connectivity index (χ1n) is 15.3. The molecule has 228 valence electrons. The highest BCUT2D eigenvalue weighted by atomic mass is 16.6. The predicted molar refractivity (Wildman–Crippen MR) is 167 cm³/mol. The molecule has 1 aliphatic rings. The van der Waals surface area contributed by atoms with Gasteiger partial charge in [0.2, 0.25) is 5.91 Å². The van der Waals surface area contributed by atoms with Gasteiger partial charge in [-0.25, -0.2) is 9.59 Å². The van der Waals surface area contributed by atoms with Crippen LogP contribution in [0.4, 0.5) is 9.59 Å². The first-order valence-corrected chi connectivity index (χ1v) is 15.3. The van der Waals surface area contributed by atoms with Gasteiger partial charge in [0.05, 0.1) is 6.04 Å². The smallest absolute Gasteiger partial charge is 0.410 e. The number of nitrogens with zero attached hydrogens (tertiary/aromatic N) is 2. The first kappa shape index (κ1) is 31.6. The molecule has 0 aromatic heterocycles. The minimum absolute atomic E-state index is 0.0189. The summed E-state index contributed by atoms with van der Waals surface area (Å²) in [5, 5.41) is 12.1. The Bertz CT molecular complexity index is 1270. The van der Waals surface area contributed by atoms with Crippen LogP contribution in [0.5, 0.6) is 0 Å². The summed E-state index contributed by atoms with van der Waals surface area (Å²) in [4.78, 5) is 42.2. The summed E-state index contributed by atoms with van der Waals surface area (Å²) in [7, 11) is 0. The highest BCUT2D eigenvalue weighted by molar-refractivity contribution is 5.77. The van der Waals surface area contributed by atoms with E-state index < -0.39 is 18.2 Å². The molecule has 3 aromatic rings. The van der Waals surface area contributed by atoms with Gasteiger partial charge in [-0.3, -0.25) is 4.79 Å². The number of benzene rings is 3. The number of nitrogens with one attached hydrogen (secondary N) is 1. The minimum Gasteiger partial charge on any atom is -0.465 e. The fourth-order valence-electron chi connectivity index (χ4n) is 5.72. The van der Waals surface area contributed by atoms with E-state index in [9.17, 15) is 19.5 Å². The molecule has 3 amide bonds. The fourth-order valence-corrected chi connectivity index (χ4v) is 5.72. The molecule has 0 heterocycles. The zero-order chi connectivity index (χ0) is 30.3. The molecule has 43 heavy (non-hydrogen) atoms. The van der Waals surface area contributed by atoms with E-state index in [0.29, 0.717) is 25.9 Å². The van der Waals surface area contributed by atoms with Gasteiger partial charge in [0.1, 0.15) is 6.61 Å². The Kier molecular flexibility index (Phi) is 12.5. The first-order chi connectivity index (χ1) is 21.0. The van der Waals surface area contributed by atoms with E-state index in [1.807, 2.05) is 95.9 Å². The van der Waals surface area contributed by atoms with E-state index in [2.05, 4.69) is 5.32 Å². The van der Waals surface area contributed by atoms with E-state index >= 15 is 0 Å². The van der Waals surface area contributed by atoms with Crippen molar-refractivity contribution in [3.63, 3.8) is 0 Å². The topological polar surface area (TPSA) is 99.2 Å². The number of hydrogen-bond acceptors (Lipinski definition) is 4. The van der Waals surface area contributed by atoms with Crippen LogP contribution in [0.2, 0.25) is 0 Å². The molecule has 1 saturated carbocycles. The zero-order valence-corrected chi connectivity index (χ0v) is 24.8. The molecule has 1 unspecified atom stereocenters. The number of ether oxygens (including phenoxy) is 1. The summed E-state index contributed by atoms with van der Waals surface area (Å²) in [5.41, 5.74) is 2.88. The van der Waals surface area contributed by atoms with E-state index in [1.165, 1.54) is 0 Å².